The summed E-state index contributed by atoms with van der Waals surface area (Å²) in [5.41, 5.74) is 2.08. The van der Waals surface area contributed by atoms with E-state index in [2.05, 4.69) is 20.4 Å². The highest BCUT2D eigenvalue weighted by atomic mass is 16.5. The van der Waals surface area contributed by atoms with E-state index in [4.69, 9.17) is 4.52 Å². The third kappa shape index (κ3) is 4.90. The van der Waals surface area contributed by atoms with Crippen LogP contribution in [0.4, 0.5) is 0 Å². The first-order valence-corrected chi connectivity index (χ1v) is 10.1. The molecule has 0 radical (unpaired) electrons. The van der Waals surface area contributed by atoms with Crippen LogP contribution in [-0.2, 0) is 11.3 Å². The molecule has 1 saturated heterocycles. The molecule has 1 fully saturated rings. The number of nitrogens with zero attached hydrogens (tertiary/aromatic N) is 3. The first-order valence-electron chi connectivity index (χ1n) is 10.1. The molecule has 150 valence electrons. The highest BCUT2D eigenvalue weighted by Crippen LogP contribution is 2.22. The van der Waals surface area contributed by atoms with Gasteiger partial charge in [-0.1, -0.05) is 65.8 Å². The van der Waals surface area contributed by atoms with Crippen LogP contribution in [0.1, 0.15) is 37.3 Å². The Balaban J connectivity index is 1.26. The predicted octanol–water partition coefficient (Wildman–Crippen LogP) is 3.83. The van der Waals surface area contributed by atoms with E-state index in [9.17, 15) is 4.79 Å². The molecule has 6 heteroatoms. The third-order valence-corrected chi connectivity index (χ3v) is 5.48. The SMILES string of the molecule is CC(NC(=O)C1CCN(Cc2nc(-c3ccccc3)no2)CC1)c1ccccc1. The molecule has 1 N–H and O–H groups in total. The minimum Gasteiger partial charge on any atom is -0.349 e. The lowest BCUT2D eigenvalue weighted by atomic mass is 9.95. The van der Waals surface area contributed by atoms with Crippen molar-refractivity contribution in [2.24, 2.45) is 5.92 Å². The molecule has 6 nitrogen and oxygen atoms in total. The van der Waals surface area contributed by atoms with Gasteiger partial charge in [0.15, 0.2) is 0 Å². The highest BCUT2D eigenvalue weighted by molar-refractivity contribution is 5.79. The molecule has 1 aromatic heterocycles. The van der Waals surface area contributed by atoms with Gasteiger partial charge in [-0.25, -0.2) is 0 Å². The van der Waals surface area contributed by atoms with Crippen molar-refractivity contribution in [3.05, 3.63) is 72.1 Å². The lowest BCUT2D eigenvalue weighted by Gasteiger charge is -2.30. The molecule has 0 saturated carbocycles. The number of hydrogen-bond donors (Lipinski definition) is 1. The van der Waals surface area contributed by atoms with Crippen LogP contribution in [-0.4, -0.2) is 34.0 Å². The zero-order valence-electron chi connectivity index (χ0n) is 16.6. The Morgan fingerprint density at radius 2 is 1.76 bits per heavy atom. The Hall–Kier alpha value is -2.99. The molecule has 2 heterocycles. The summed E-state index contributed by atoms with van der Waals surface area (Å²) in [7, 11) is 0. The van der Waals surface area contributed by atoms with Gasteiger partial charge in [-0.3, -0.25) is 9.69 Å². The summed E-state index contributed by atoms with van der Waals surface area (Å²) in [6.07, 6.45) is 1.68. The van der Waals surface area contributed by atoms with Crippen molar-refractivity contribution >= 4 is 5.91 Å². The smallest absolute Gasteiger partial charge is 0.241 e. The first-order chi connectivity index (χ1) is 14.2. The fraction of sp³-hybridized carbons (Fsp3) is 0.348. The van der Waals surface area contributed by atoms with Crippen LogP contribution in [0, 0.1) is 5.92 Å². The monoisotopic (exact) mass is 390 g/mol. The Bertz CT molecular complexity index is 918. The van der Waals surface area contributed by atoms with Crippen LogP contribution in [0.15, 0.2) is 65.2 Å². The molecule has 0 bridgehead atoms. The van der Waals surface area contributed by atoms with Gasteiger partial charge in [-0.15, -0.1) is 0 Å². The normalized spacial score (nSPS) is 16.4. The minimum absolute atomic E-state index is 0.0246. The number of rotatable bonds is 6. The number of aromatic nitrogens is 2. The second-order valence-electron chi connectivity index (χ2n) is 7.57. The van der Waals surface area contributed by atoms with Gasteiger partial charge in [0.05, 0.1) is 12.6 Å². The fourth-order valence-corrected chi connectivity index (χ4v) is 3.72. The van der Waals surface area contributed by atoms with Crippen molar-refractivity contribution in [3.63, 3.8) is 0 Å². The highest BCUT2D eigenvalue weighted by Gasteiger charge is 2.27. The van der Waals surface area contributed by atoms with Crippen molar-refractivity contribution < 1.29 is 9.32 Å². The van der Waals surface area contributed by atoms with E-state index in [0.29, 0.717) is 18.3 Å². The summed E-state index contributed by atoms with van der Waals surface area (Å²) in [6, 6.07) is 19.9. The Morgan fingerprint density at radius 1 is 1.10 bits per heavy atom. The summed E-state index contributed by atoms with van der Waals surface area (Å²) in [4.78, 5) is 19.4. The van der Waals surface area contributed by atoms with Crippen LogP contribution in [0.5, 0.6) is 0 Å². The Kier molecular flexibility index (Phi) is 6.00. The van der Waals surface area contributed by atoms with Crippen LogP contribution in [0.2, 0.25) is 0 Å². The largest absolute Gasteiger partial charge is 0.349 e. The summed E-state index contributed by atoms with van der Waals surface area (Å²) in [6.45, 7) is 4.35. The van der Waals surface area contributed by atoms with Crippen LogP contribution in [0.25, 0.3) is 11.4 Å². The predicted molar refractivity (Wildman–Crippen MR) is 111 cm³/mol. The first kappa shape index (κ1) is 19.3. The molecule has 2 aromatic carbocycles. The lowest BCUT2D eigenvalue weighted by molar-refractivity contribution is -0.127. The zero-order chi connectivity index (χ0) is 20.1. The van der Waals surface area contributed by atoms with E-state index in [0.717, 1.165) is 37.1 Å². The number of amides is 1. The maximum atomic E-state index is 12.6. The second kappa shape index (κ2) is 9.01. The number of piperidine rings is 1. The standard InChI is InChI=1S/C23H26N4O2/c1-17(18-8-4-2-5-9-18)24-23(28)20-12-14-27(15-13-20)16-21-25-22(26-29-21)19-10-6-3-7-11-19/h2-11,17,20H,12-16H2,1H3,(H,24,28). The van der Waals surface area contributed by atoms with Gasteiger partial charge in [0.1, 0.15) is 0 Å². The van der Waals surface area contributed by atoms with Gasteiger partial charge >= 0.3 is 0 Å². The molecular formula is C23H26N4O2. The molecular weight excluding hydrogens is 364 g/mol. The summed E-state index contributed by atoms with van der Waals surface area (Å²) in [5.74, 6) is 1.43. The van der Waals surface area contributed by atoms with E-state index in [-0.39, 0.29) is 17.9 Å². The maximum Gasteiger partial charge on any atom is 0.241 e. The fourth-order valence-electron chi connectivity index (χ4n) is 3.72. The Labute approximate surface area is 170 Å². The topological polar surface area (TPSA) is 71.3 Å². The summed E-state index contributed by atoms with van der Waals surface area (Å²) in [5, 5.41) is 7.23. The summed E-state index contributed by atoms with van der Waals surface area (Å²) >= 11 is 0. The quantitative estimate of drug-likeness (QED) is 0.693. The van der Waals surface area contributed by atoms with Gasteiger partial charge < -0.3 is 9.84 Å². The van der Waals surface area contributed by atoms with Gasteiger partial charge in [0, 0.05) is 11.5 Å². The van der Waals surface area contributed by atoms with Crippen molar-refractivity contribution in [3.8, 4) is 11.4 Å². The number of carbonyl (C=O) groups excluding carboxylic acids is 1. The number of benzene rings is 2. The van der Waals surface area contributed by atoms with E-state index >= 15 is 0 Å². The molecule has 0 aliphatic carbocycles. The van der Waals surface area contributed by atoms with Gasteiger partial charge in [0.25, 0.3) is 0 Å². The number of nitrogens with one attached hydrogen (secondary N) is 1. The van der Waals surface area contributed by atoms with Crippen molar-refractivity contribution in [1.29, 1.82) is 0 Å². The molecule has 1 atom stereocenters. The molecule has 4 rings (SSSR count). The zero-order valence-corrected chi connectivity index (χ0v) is 16.6. The second-order valence-corrected chi connectivity index (χ2v) is 7.57. The van der Waals surface area contributed by atoms with Gasteiger partial charge in [-0.05, 0) is 38.4 Å². The molecule has 0 spiro atoms. The van der Waals surface area contributed by atoms with E-state index in [1.54, 1.807) is 0 Å². The van der Waals surface area contributed by atoms with Crippen LogP contribution in [0.3, 0.4) is 0 Å². The summed E-state index contributed by atoms with van der Waals surface area (Å²) < 4.78 is 5.42. The molecule has 1 unspecified atom stereocenters. The van der Waals surface area contributed by atoms with E-state index in [1.165, 1.54) is 0 Å². The number of likely N-dealkylation sites (tertiary alicyclic amines) is 1. The minimum atomic E-state index is 0.0246. The van der Waals surface area contributed by atoms with Gasteiger partial charge in [0.2, 0.25) is 17.6 Å². The average Bonchev–Trinajstić information content (AvgIpc) is 3.24. The molecule has 1 amide bonds. The van der Waals surface area contributed by atoms with Crippen LogP contribution >= 0.6 is 0 Å². The molecule has 1 aliphatic heterocycles. The lowest BCUT2D eigenvalue weighted by Crippen LogP contribution is -2.40. The average molecular weight is 390 g/mol. The van der Waals surface area contributed by atoms with E-state index in [1.807, 2.05) is 67.6 Å². The Morgan fingerprint density at radius 3 is 2.45 bits per heavy atom. The third-order valence-electron chi connectivity index (χ3n) is 5.48. The maximum absolute atomic E-state index is 12.6. The molecule has 29 heavy (non-hydrogen) atoms. The number of hydrogen-bond acceptors (Lipinski definition) is 5. The van der Waals surface area contributed by atoms with Gasteiger partial charge in [-0.2, -0.15) is 4.98 Å². The molecule has 3 aromatic rings. The van der Waals surface area contributed by atoms with Crippen molar-refractivity contribution in [2.45, 2.75) is 32.4 Å². The van der Waals surface area contributed by atoms with Crippen molar-refractivity contribution in [2.75, 3.05) is 13.1 Å². The van der Waals surface area contributed by atoms with E-state index < -0.39 is 0 Å². The number of carbonyl (C=O) groups is 1. The van der Waals surface area contributed by atoms with Crippen molar-refractivity contribution in [1.82, 2.24) is 20.4 Å². The van der Waals surface area contributed by atoms with Crippen LogP contribution < -0.4 is 5.32 Å². The molecule has 1 aliphatic rings.